The van der Waals surface area contributed by atoms with Crippen molar-refractivity contribution in [3.8, 4) is 12.3 Å². The van der Waals surface area contributed by atoms with Crippen LogP contribution < -0.4 is 0 Å². The maximum atomic E-state index is 5.26. The molecule has 56 valence electrons. The van der Waals surface area contributed by atoms with Crippen molar-refractivity contribution >= 4 is 11.8 Å². The van der Waals surface area contributed by atoms with Crippen LogP contribution in [-0.2, 0) is 0 Å². The van der Waals surface area contributed by atoms with E-state index >= 15 is 0 Å². The van der Waals surface area contributed by atoms with E-state index in [2.05, 4.69) is 31.3 Å². The van der Waals surface area contributed by atoms with Crippen molar-refractivity contribution in [2.45, 2.75) is 20.3 Å². The summed E-state index contributed by atoms with van der Waals surface area (Å²) in [6, 6.07) is 0. The molecule has 0 fully saturated rings. The third-order valence-corrected chi connectivity index (χ3v) is 1.91. The van der Waals surface area contributed by atoms with Crippen molar-refractivity contribution in [3.63, 3.8) is 0 Å². The average Bonchev–Trinajstić information content (AvgIpc) is 1.99. The van der Waals surface area contributed by atoms with Crippen LogP contribution in [0.15, 0.2) is 11.5 Å². The smallest absolute Gasteiger partial charge is 0.0385 e. The Labute approximate surface area is 68.1 Å². The van der Waals surface area contributed by atoms with Crippen molar-refractivity contribution in [1.82, 2.24) is 0 Å². The molecule has 0 radical (unpaired) electrons. The topological polar surface area (TPSA) is 0 Å². The zero-order valence-corrected chi connectivity index (χ0v) is 7.45. The second-order valence-corrected chi connectivity index (χ2v) is 3.15. The monoisotopic (exact) mass is 154 g/mol. The molecule has 0 aliphatic heterocycles. The van der Waals surface area contributed by atoms with Gasteiger partial charge in [-0.25, -0.2) is 0 Å². The van der Waals surface area contributed by atoms with Crippen LogP contribution >= 0.6 is 11.8 Å². The third kappa shape index (κ3) is 4.52. The molecule has 0 aliphatic rings. The highest BCUT2D eigenvalue weighted by molar-refractivity contribution is 8.02. The Morgan fingerprint density at radius 2 is 2.30 bits per heavy atom. The fraction of sp³-hybridized carbons (Fsp3) is 0.556. The fourth-order valence-corrected chi connectivity index (χ4v) is 1.05. The van der Waals surface area contributed by atoms with Crippen molar-refractivity contribution in [1.29, 1.82) is 0 Å². The lowest BCUT2D eigenvalue weighted by Gasteiger charge is -1.97. The molecule has 0 N–H and O–H groups in total. The molecule has 0 heterocycles. The number of allylic oxidation sites excluding steroid dienone is 1. The predicted molar refractivity (Wildman–Crippen MR) is 49.9 cm³/mol. The van der Waals surface area contributed by atoms with Crippen LogP contribution in [0.4, 0.5) is 0 Å². The lowest BCUT2D eigenvalue weighted by atomic mass is 10.1. The first-order chi connectivity index (χ1) is 4.85. The Balaban J connectivity index is 3.53. The van der Waals surface area contributed by atoms with Crippen molar-refractivity contribution in [2.75, 3.05) is 5.75 Å². The number of hydrogen-bond acceptors (Lipinski definition) is 1. The van der Waals surface area contributed by atoms with E-state index < -0.39 is 0 Å². The third-order valence-electron chi connectivity index (χ3n) is 1.23. The molecule has 0 amide bonds. The van der Waals surface area contributed by atoms with Gasteiger partial charge in [-0.3, -0.25) is 0 Å². The highest BCUT2D eigenvalue weighted by Crippen LogP contribution is 2.07. The predicted octanol–water partition coefficient (Wildman–Crippen LogP) is 2.91. The Morgan fingerprint density at radius 3 is 2.70 bits per heavy atom. The molecule has 0 rings (SSSR count). The average molecular weight is 154 g/mol. The quantitative estimate of drug-likeness (QED) is 0.561. The van der Waals surface area contributed by atoms with E-state index in [0.29, 0.717) is 5.92 Å². The van der Waals surface area contributed by atoms with E-state index in [1.54, 1.807) is 11.8 Å². The van der Waals surface area contributed by atoms with Gasteiger partial charge < -0.3 is 0 Å². The van der Waals surface area contributed by atoms with Crippen molar-refractivity contribution in [3.05, 3.63) is 11.5 Å². The first-order valence-electron chi connectivity index (χ1n) is 3.59. The van der Waals surface area contributed by atoms with Gasteiger partial charge in [-0.1, -0.05) is 25.8 Å². The zero-order valence-electron chi connectivity index (χ0n) is 6.63. The normalized spacial score (nSPS) is 13.3. The van der Waals surface area contributed by atoms with Crippen LogP contribution in [0.2, 0.25) is 0 Å². The summed E-state index contributed by atoms with van der Waals surface area (Å²) < 4.78 is 0. The Bertz CT molecular complexity index is 130. The molecule has 0 saturated carbocycles. The summed E-state index contributed by atoms with van der Waals surface area (Å²) in [5, 5.41) is 2.09. The zero-order chi connectivity index (χ0) is 7.82. The van der Waals surface area contributed by atoms with Gasteiger partial charge in [-0.15, -0.1) is 18.2 Å². The molecule has 0 spiro atoms. The molecule has 1 atom stereocenters. The summed E-state index contributed by atoms with van der Waals surface area (Å²) in [7, 11) is 0. The summed E-state index contributed by atoms with van der Waals surface area (Å²) in [5.74, 6) is 4.17. The van der Waals surface area contributed by atoms with Crippen LogP contribution in [0.3, 0.4) is 0 Å². The van der Waals surface area contributed by atoms with Gasteiger partial charge in [0, 0.05) is 5.92 Å². The summed E-state index contributed by atoms with van der Waals surface area (Å²) in [6.07, 6.45) is 8.39. The van der Waals surface area contributed by atoms with E-state index in [9.17, 15) is 0 Å². The van der Waals surface area contributed by atoms with Crippen LogP contribution in [0.1, 0.15) is 20.3 Å². The van der Waals surface area contributed by atoms with Gasteiger partial charge in [0.05, 0.1) is 0 Å². The Kier molecular flexibility index (Phi) is 6.53. The molecule has 0 nitrogen and oxygen atoms in total. The first-order valence-corrected chi connectivity index (χ1v) is 4.64. The molecule has 1 heteroatoms. The van der Waals surface area contributed by atoms with Gasteiger partial charge in [-0.05, 0) is 17.6 Å². The first kappa shape index (κ1) is 9.65. The lowest BCUT2D eigenvalue weighted by Crippen LogP contribution is -1.86. The van der Waals surface area contributed by atoms with Crippen molar-refractivity contribution < 1.29 is 0 Å². The molecule has 0 bridgehead atoms. The lowest BCUT2D eigenvalue weighted by molar-refractivity contribution is 0.802. The molecular formula is C9H14S. The van der Waals surface area contributed by atoms with Gasteiger partial charge in [0.15, 0.2) is 0 Å². The molecule has 0 aromatic heterocycles. The summed E-state index contributed by atoms with van der Waals surface area (Å²) in [5.41, 5.74) is 0. The largest absolute Gasteiger partial charge is 0.135 e. The standard InChI is InChI=1S/C9H14S/c1-4-9(5-2)7-8-10-6-3/h1,7-9H,5-6H2,2-3H3/b8-7-. The van der Waals surface area contributed by atoms with Crippen LogP contribution in [0.25, 0.3) is 0 Å². The van der Waals surface area contributed by atoms with Gasteiger partial charge in [0.2, 0.25) is 0 Å². The van der Waals surface area contributed by atoms with E-state index in [4.69, 9.17) is 6.42 Å². The SMILES string of the molecule is C#CC(/C=C\SCC)CC. The van der Waals surface area contributed by atoms with Gasteiger partial charge in [0.25, 0.3) is 0 Å². The number of rotatable bonds is 4. The van der Waals surface area contributed by atoms with Crippen LogP contribution in [0.5, 0.6) is 0 Å². The van der Waals surface area contributed by atoms with Crippen LogP contribution in [0, 0.1) is 18.3 Å². The van der Waals surface area contributed by atoms with Gasteiger partial charge in [0.1, 0.15) is 0 Å². The maximum Gasteiger partial charge on any atom is 0.0385 e. The fourth-order valence-electron chi connectivity index (χ4n) is 0.556. The minimum atomic E-state index is 0.332. The van der Waals surface area contributed by atoms with Crippen molar-refractivity contribution in [2.24, 2.45) is 5.92 Å². The summed E-state index contributed by atoms with van der Waals surface area (Å²) in [4.78, 5) is 0. The molecule has 10 heavy (non-hydrogen) atoms. The molecule has 0 saturated heterocycles. The second kappa shape index (κ2) is 6.77. The molecule has 0 aromatic rings. The maximum absolute atomic E-state index is 5.26. The summed E-state index contributed by atoms with van der Waals surface area (Å²) in [6.45, 7) is 4.23. The van der Waals surface area contributed by atoms with Gasteiger partial charge in [-0.2, -0.15) is 0 Å². The van der Waals surface area contributed by atoms with E-state index in [1.807, 2.05) is 0 Å². The Hall–Kier alpha value is -0.350. The molecule has 1 unspecified atom stereocenters. The molecule has 0 aliphatic carbocycles. The summed E-state index contributed by atoms with van der Waals surface area (Å²) >= 11 is 1.79. The number of terminal acetylenes is 1. The Morgan fingerprint density at radius 1 is 1.60 bits per heavy atom. The van der Waals surface area contributed by atoms with E-state index in [1.165, 1.54) is 0 Å². The van der Waals surface area contributed by atoms with Gasteiger partial charge >= 0.3 is 0 Å². The van der Waals surface area contributed by atoms with E-state index in [-0.39, 0.29) is 0 Å². The number of thioether (sulfide) groups is 1. The minimum absolute atomic E-state index is 0.332. The minimum Gasteiger partial charge on any atom is -0.135 e. The highest BCUT2D eigenvalue weighted by Gasteiger charge is 1.92. The van der Waals surface area contributed by atoms with Crippen LogP contribution in [-0.4, -0.2) is 5.75 Å². The molecule has 0 aromatic carbocycles. The van der Waals surface area contributed by atoms with E-state index in [0.717, 1.165) is 12.2 Å². The second-order valence-electron chi connectivity index (χ2n) is 1.97. The number of hydrogen-bond donors (Lipinski definition) is 0. The highest BCUT2D eigenvalue weighted by atomic mass is 32.2. The molecular weight excluding hydrogens is 140 g/mol.